The van der Waals surface area contributed by atoms with Crippen molar-refractivity contribution in [3.8, 4) is 0 Å². The Labute approximate surface area is 103 Å². The number of imidazole rings is 1. The Morgan fingerprint density at radius 1 is 1.41 bits per heavy atom. The molecule has 0 bridgehead atoms. The van der Waals surface area contributed by atoms with Gasteiger partial charge in [0.05, 0.1) is 18.2 Å². The molecule has 0 radical (unpaired) electrons. The minimum atomic E-state index is -0.381. The van der Waals surface area contributed by atoms with Crippen LogP contribution in [0.3, 0.4) is 0 Å². The third kappa shape index (κ3) is 3.52. The molecule has 0 aliphatic heterocycles. The van der Waals surface area contributed by atoms with Crippen LogP contribution in [0, 0.1) is 0 Å². The molecule has 0 aliphatic rings. The molecule has 1 aromatic rings. The molecule has 0 spiro atoms. The van der Waals surface area contributed by atoms with Crippen molar-refractivity contribution in [2.45, 2.75) is 38.5 Å². The number of aromatic nitrogens is 2. The van der Waals surface area contributed by atoms with Gasteiger partial charge in [0.1, 0.15) is 0 Å². The molecule has 1 unspecified atom stereocenters. The van der Waals surface area contributed by atoms with Crippen molar-refractivity contribution in [2.75, 3.05) is 20.8 Å². The number of nitrogens with two attached hydrogens (primary N) is 1. The average molecular weight is 241 g/mol. The van der Waals surface area contributed by atoms with Crippen LogP contribution in [0.15, 0.2) is 12.5 Å². The molecule has 17 heavy (non-hydrogen) atoms. The predicted octanol–water partition coefficient (Wildman–Crippen LogP) is 1.86. The van der Waals surface area contributed by atoms with Gasteiger partial charge >= 0.3 is 0 Å². The van der Waals surface area contributed by atoms with E-state index in [1.807, 2.05) is 0 Å². The predicted molar refractivity (Wildman–Crippen MR) is 66.6 cm³/mol. The van der Waals surface area contributed by atoms with E-state index in [0.29, 0.717) is 6.54 Å². The lowest BCUT2D eigenvalue weighted by atomic mass is 10.1. The molecular weight excluding hydrogens is 218 g/mol. The minimum absolute atomic E-state index is 0.264. The SMILES string of the molecule is CCCCC(CN)n1cncc1C(OC)OC. The number of methoxy groups -OCH3 is 2. The Bertz CT molecular complexity index is 310. The molecule has 5 nitrogen and oxygen atoms in total. The van der Waals surface area contributed by atoms with Gasteiger partial charge in [-0.2, -0.15) is 0 Å². The van der Waals surface area contributed by atoms with Crippen LogP contribution < -0.4 is 5.73 Å². The van der Waals surface area contributed by atoms with Gasteiger partial charge in [-0.15, -0.1) is 0 Å². The van der Waals surface area contributed by atoms with Crippen LogP contribution >= 0.6 is 0 Å². The average Bonchev–Trinajstić information content (AvgIpc) is 2.81. The van der Waals surface area contributed by atoms with Gasteiger partial charge in [0.2, 0.25) is 0 Å². The summed E-state index contributed by atoms with van der Waals surface area (Å²) in [5.41, 5.74) is 6.74. The summed E-state index contributed by atoms with van der Waals surface area (Å²) in [7, 11) is 3.24. The second-order valence-electron chi connectivity index (χ2n) is 4.06. The van der Waals surface area contributed by atoms with Crippen molar-refractivity contribution in [3.63, 3.8) is 0 Å². The highest BCUT2D eigenvalue weighted by Gasteiger charge is 2.19. The van der Waals surface area contributed by atoms with Crippen molar-refractivity contribution >= 4 is 0 Å². The second-order valence-corrected chi connectivity index (χ2v) is 4.06. The van der Waals surface area contributed by atoms with E-state index >= 15 is 0 Å². The van der Waals surface area contributed by atoms with E-state index in [2.05, 4.69) is 16.5 Å². The van der Waals surface area contributed by atoms with Gasteiger partial charge in [-0.1, -0.05) is 19.8 Å². The van der Waals surface area contributed by atoms with Crippen molar-refractivity contribution in [2.24, 2.45) is 5.73 Å². The van der Waals surface area contributed by atoms with Crippen LogP contribution in [0.1, 0.15) is 44.2 Å². The Hall–Kier alpha value is -0.910. The summed E-state index contributed by atoms with van der Waals surface area (Å²) in [5.74, 6) is 0. The number of rotatable bonds is 8. The summed E-state index contributed by atoms with van der Waals surface area (Å²) in [5, 5.41) is 0. The zero-order valence-electron chi connectivity index (χ0n) is 10.9. The smallest absolute Gasteiger partial charge is 0.200 e. The third-order valence-electron chi connectivity index (χ3n) is 2.92. The van der Waals surface area contributed by atoms with Gasteiger partial charge in [0.25, 0.3) is 0 Å². The standard InChI is InChI=1S/C12H23N3O2/c1-4-5-6-10(7-13)15-9-14-8-11(15)12(16-2)17-3/h8-10,12H,4-7,13H2,1-3H3. The zero-order valence-corrected chi connectivity index (χ0v) is 10.9. The van der Waals surface area contributed by atoms with Crippen LogP contribution in [0.5, 0.6) is 0 Å². The molecule has 0 saturated carbocycles. The Morgan fingerprint density at radius 3 is 2.65 bits per heavy atom. The lowest BCUT2D eigenvalue weighted by molar-refractivity contribution is -0.111. The zero-order chi connectivity index (χ0) is 12.7. The minimum Gasteiger partial charge on any atom is -0.350 e. The van der Waals surface area contributed by atoms with Gasteiger partial charge in [0, 0.05) is 26.8 Å². The normalized spacial score (nSPS) is 13.2. The van der Waals surface area contributed by atoms with E-state index in [1.165, 1.54) is 6.42 Å². The van der Waals surface area contributed by atoms with E-state index in [0.717, 1.165) is 18.5 Å². The molecule has 0 aliphatic carbocycles. The maximum Gasteiger partial charge on any atom is 0.200 e. The lowest BCUT2D eigenvalue weighted by Gasteiger charge is -2.22. The highest BCUT2D eigenvalue weighted by atomic mass is 16.7. The summed E-state index contributed by atoms with van der Waals surface area (Å²) in [6.45, 7) is 2.78. The van der Waals surface area contributed by atoms with E-state index in [-0.39, 0.29) is 12.3 Å². The van der Waals surface area contributed by atoms with Gasteiger partial charge in [0.15, 0.2) is 6.29 Å². The van der Waals surface area contributed by atoms with E-state index in [9.17, 15) is 0 Å². The van der Waals surface area contributed by atoms with Crippen LogP contribution in [-0.2, 0) is 9.47 Å². The topological polar surface area (TPSA) is 62.3 Å². The monoisotopic (exact) mass is 241 g/mol. The Morgan fingerprint density at radius 2 is 2.12 bits per heavy atom. The summed E-state index contributed by atoms with van der Waals surface area (Å²) in [6.07, 6.45) is 6.56. The maximum absolute atomic E-state index is 5.83. The summed E-state index contributed by atoms with van der Waals surface area (Å²) in [4.78, 5) is 4.16. The van der Waals surface area contributed by atoms with Crippen molar-refractivity contribution in [3.05, 3.63) is 18.2 Å². The molecule has 1 aromatic heterocycles. The summed E-state index contributed by atoms with van der Waals surface area (Å²) in [6, 6.07) is 0.264. The molecule has 0 fully saturated rings. The fourth-order valence-corrected chi connectivity index (χ4v) is 1.95. The molecule has 2 N–H and O–H groups in total. The molecule has 5 heteroatoms. The van der Waals surface area contributed by atoms with Gasteiger partial charge in [-0.25, -0.2) is 4.98 Å². The van der Waals surface area contributed by atoms with Crippen molar-refractivity contribution in [1.82, 2.24) is 9.55 Å². The number of hydrogen-bond acceptors (Lipinski definition) is 4. The fraction of sp³-hybridized carbons (Fsp3) is 0.750. The summed E-state index contributed by atoms with van der Waals surface area (Å²) >= 11 is 0. The third-order valence-corrected chi connectivity index (χ3v) is 2.92. The number of hydrogen-bond donors (Lipinski definition) is 1. The van der Waals surface area contributed by atoms with Crippen LogP contribution in [-0.4, -0.2) is 30.3 Å². The largest absolute Gasteiger partial charge is 0.350 e. The van der Waals surface area contributed by atoms with Gasteiger partial charge < -0.3 is 19.8 Å². The lowest BCUT2D eigenvalue weighted by Crippen LogP contribution is -2.22. The van der Waals surface area contributed by atoms with Crippen LogP contribution in [0.4, 0.5) is 0 Å². The molecule has 1 atom stereocenters. The van der Waals surface area contributed by atoms with E-state index in [1.54, 1.807) is 26.7 Å². The number of nitrogens with zero attached hydrogens (tertiary/aromatic N) is 2. The van der Waals surface area contributed by atoms with Crippen molar-refractivity contribution < 1.29 is 9.47 Å². The Balaban J connectivity index is 2.84. The highest BCUT2D eigenvalue weighted by Crippen LogP contribution is 2.23. The fourth-order valence-electron chi connectivity index (χ4n) is 1.95. The first-order chi connectivity index (χ1) is 8.28. The molecule has 98 valence electrons. The van der Waals surface area contributed by atoms with E-state index in [4.69, 9.17) is 15.2 Å². The second kappa shape index (κ2) is 7.42. The van der Waals surface area contributed by atoms with E-state index < -0.39 is 0 Å². The number of unbranched alkanes of at least 4 members (excludes halogenated alkanes) is 1. The molecule has 0 aromatic carbocycles. The first kappa shape index (κ1) is 14.2. The molecular formula is C12H23N3O2. The molecule has 0 saturated heterocycles. The maximum atomic E-state index is 5.83. The number of ether oxygens (including phenoxy) is 2. The quantitative estimate of drug-likeness (QED) is 0.706. The molecule has 0 amide bonds. The Kier molecular flexibility index (Phi) is 6.18. The molecule has 1 rings (SSSR count). The van der Waals surface area contributed by atoms with Gasteiger partial charge in [-0.3, -0.25) is 0 Å². The van der Waals surface area contributed by atoms with Crippen molar-refractivity contribution in [1.29, 1.82) is 0 Å². The molecule has 1 heterocycles. The van der Waals surface area contributed by atoms with Crippen LogP contribution in [0.25, 0.3) is 0 Å². The summed E-state index contributed by atoms with van der Waals surface area (Å²) < 4.78 is 12.6. The van der Waals surface area contributed by atoms with Crippen LogP contribution in [0.2, 0.25) is 0 Å². The van der Waals surface area contributed by atoms with Gasteiger partial charge in [-0.05, 0) is 6.42 Å². The first-order valence-electron chi connectivity index (χ1n) is 6.05. The highest BCUT2D eigenvalue weighted by molar-refractivity contribution is 5.02. The first-order valence-corrected chi connectivity index (χ1v) is 6.05.